The SMILES string of the molecule is NCCO.O=C(NCCCc1c(C(=O)O)[nH]c(=O)[nH]c1=O)c1ccc2ccccc2c1. The summed E-state index contributed by atoms with van der Waals surface area (Å²) in [4.78, 5) is 50.6. The van der Waals surface area contributed by atoms with Crippen LogP contribution in [0.3, 0.4) is 0 Å². The highest BCUT2D eigenvalue weighted by Gasteiger charge is 2.15. The number of H-pyrrole nitrogens is 2. The zero-order valence-corrected chi connectivity index (χ0v) is 16.7. The molecule has 0 bridgehead atoms. The number of rotatable bonds is 7. The van der Waals surface area contributed by atoms with Gasteiger partial charge >= 0.3 is 11.7 Å². The standard InChI is InChI=1S/C19H17N3O5.C2H7NO/c23-16(13-8-7-11-4-1-2-5-12(11)10-13)20-9-3-6-14-15(18(25)26)21-19(27)22-17(14)24;3-1-2-4/h1-2,4-5,7-8,10H,3,6,9H2,(H,20,23)(H,25,26)(H2,21,22,24,27);4H,1-3H2. The minimum absolute atomic E-state index is 0.0259. The first-order chi connectivity index (χ1) is 14.9. The molecule has 0 spiro atoms. The molecule has 3 rings (SSSR count). The van der Waals surface area contributed by atoms with Crippen LogP contribution in [0.1, 0.15) is 32.8 Å². The van der Waals surface area contributed by atoms with Crippen LogP contribution < -0.4 is 22.3 Å². The number of carbonyl (C=O) groups is 2. The van der Waals surface area contributed by atoms with Crippen molar-refractivity contribution in [2.24, 2.45) is 5.73 Å². The molecular weight excluding hydrogens is 404 g/mol. The van der Waals surface area contributed by atoms with E-state index in [4.69, 9.17) is 15.9 Å². The largest absolute Gasteiger partial charge is 0.477 e. The van der Waals surface area contributed by atoms with Gasteiger partial charge in [0, 0.05) is 24.2 Å². The minimum atomic E-state index is -1.38. The highest BCUT2D eigenvalue weighted by atomic mass is 16.4. The van der Waals surface area contributed by atoms with Gasteiger partial charge in [0.2, 0.25) is 0 Å². The highest BCUT2D eigenvalue weighted by molar-refractivity contribution is 5.98. The number of carboxylic acid groups (broad SMARTS) is 1. The van der Waals surface area contributed by atoms with Crippen molar-refractivity contribution in [2.45, 2.75) is 12.8 Å². The predicted molar refractivity (Wildman–Crippen MR) is 115 cm³/mol. The number of aromatic nitrogens is 2. The molecule has 1 heterocycles. The van der Waals surface area contributed by atoms with Gasteiger partial charge in [-0.15, -0.1) is 0 Å². The number of amides is 1. The summed E-state index contributed by atoms with van der Waals surface area (Å²) < 4.78 is 0. The van der Waals surface area contributed by atoms with Gasteiger partial charge in [0.1, 0.15) is 5.69 Å². The fourth-order valence-electron chi connectivity index (χ4n) is 2.83. The van der Waals surface area contributed by atoms with Gasteiger partial charge in [-0.25, -0.2) is 9.59 Å². The molecule has 0 saturated heterocycles. The van der Waals surface area contributed by atoms with Crippen molar-refractivity contribution in [3.8, 4) is 0 Å². The molecule has 0 atom stereocenters. The van der Waals surface area contributed by atoms with Crippen LogP contribution in [-0.4, -0.2) is 51.8 Å². The lowest BCUT2D eigenvalue weighted by atomic mass is 10.1. The predicted octanol–water partition coefficient (Wildman–Crippen LogP) is 0.215. The second-order valence-electron chi connectivity index (χ2n) is 6.50. The Morgan fingerprint density at radius 2 is 1.71 bits per heavy atom. The Kier molecular flexibility index (Phi) is 8.67. The molecule has 1 aromatic heterocycles. The van der Waals surface area contributed by atoms with E-state index in [1.165, 1.54) is 0 Å². The van der Waals surface area contributed by atoms with Crippen molar-refractivity contribution in [1.29, 1.82) is 0 Å². The Morgan fingerprint density at radius 1 is 1.03 bits per heavy atom. The van der Waals surface area contributed by atoms with Crippen LogP contribution >= 0.6 is 0 Å². The summed E-state index contributed by atoms with van der Waals surface area (Å²) in [6.45, 7) is 0.725. The number of aromatic amines is 2. The molecule has 0 radical (unpaired) electrons. The van der Waals surface area contributed by atoms with Gasteiger partial charge < -0.3 is 26.2 Å². The number of fused-ring (bicyclic) bond motifs is 1. The average Bonchev–Trinajstić information content (AvgIpc) is 2.77. The molecule has 0 fully saturated rings. The number of aliphatic hydroxyl groups excluding tert-OH is 1. The Balaban J connectivity index is 0.000000785. The van der Waals surface area contributed by atoms with Crippen LogP contribution in [0.5, 0.6) is 0 Å². The van der Waals surface area contributed by atoms with E-state index in [1.807, 2.05) is 35.3 Å². The number of benzene rings is 2. The van der Waals surface area contributed by atoms with Crippen LogP contribution in [-0.2, 0) is 6.42 Å². The van der Waals surface area contributed by atoms with Crippen molar-refractivity contribution >= 4 is 22.6 Å². The lowest BCUT2D eigenvalue weighted by Crippen LogP contribution is -2.31. The molecule has 0 unspecified atom stereocenters. The Labute approximate surface area is 176 Å². The van der Waals surface area contributed by atoms with Gasteiger partial charge in [0.25, 0.3) is 11.5 Å². The van der Waals surface area contributed by atoms with Crippen LogP contribution in [0.25, 0.3) is 10.8 Å². The summed E-state index contributed by atoms with van der Waals surface area (Å²) in [6.07, 6.45) is 0.445. The number of aromatic carboxylic acids is 1. The van der Waals surface area contributed by atoms with E-state index in [2.05, 4.69) is 10.3 Å². The number of aliphatic hydroxyl groups is 1. The summed E-state index contributed by atoms with van der Waals surface area (Å²) in [5, 5.41) is 21.6. The first-order valence-corrected chi connectivity index (χ1v) is 9.54. The van der Waals surface area contributed by atoms with Gasteiger partial charge in [-0.2, -0.15) is 0 Å². The molecule has 10 heteroatoms. The Bertz CT molecular complexity index is 1170. The van der Waals surface area contributed by atoms with Gasteiger partial charge in [0.05, 0.1) is 6.61 Å². The fourth-order valence-corrected chi connectivity index (χ4v) is 2.83. The van der Waals surface area contributed by atoms with Crippen molar-refractivity contribution in [3.63, 3.8) is 0 Å². The van der Waals surface area contributed by atoms with Crippen molar-refractivity contribution in [3.05, 3.63) is 80.1 Å². The van der Waals surface area contributed by atoms with Crippen LogP contribution in [0, 0.1) is 0 Å². The zero-order valence-electron chi connectivity index (χ0n) is 16.7. The third-order valence-corrected chi connectivity index (χ3v) is 4.29. The second-order valence-corrected chi connectivity index (χ2v) is 6.50. The lowest BCUT2D eigenvalue weighted by molar-refractivity contribution is 0.0687. The summed E-state index contributed by atoms with van der Waals surface area (Å²) in [6, 6.07) is 13.1. The zero-order chi connectivity index (χ0) is 22.8. The van der Waals surface area contributed by atoms with E-state index in [0.29, 0.717) is 18.5 Å². The smallest absolute Gasteiger partial charge is 0.352 e. The molecule has 7 N–H and O–H groups in total. The number of carbonyl (C=O) groups excluding carboxylic acids is 1. The molecule has 164 valence electrons. The third-order valence-electron chi connectivity index (χ3n) is 4.29. The fraction of sp³-hybridized carbons (Fsp3) is 0.238. The Morgan fingerprint density at radius 3 is 2.35 bits per heavy atom. The summed E-state index contributed by atoms with van der Waals surface area (Å²) in [7, 11) is 0. The highest BCUT2D eigenvalue weighted by Crippen LogP contribution is 2.15. The molecule has 0 aliphatic heterocycles. The molecule has 2 aromatic carbocycles. The normalized spacial score (nSPS) is 10.3. The van der Waals surface area contributed by atoms with E-state index in [-0.39, 0.29) is 31.0 Å². The van der Waals surface area contributed by atoms with E-state index in [9.17, 15) is 19.2 Å². The maximum absolute atomic E-state index is 12.3. The molecule has 0 saturated carbocycles. The van der Waals surface area contributed by atoms with Gasteiger partial charge in [-0.3, -0.25) is 14.6 Å². The minimum Gasteiger partial charge on any atom is -0.477 e. The molecule has 1 amide bonds. The topological polar surface area (TPSA) is 178 Å². The monoisotopic (exact) mass is 428 g/mol. The van der Waals surface area contributed by atoms with Crippen LogP contribution in [0.4, 0.5) is 0 Å². The van der Waals surface area contributed by atoms with E-state index in [0.717, 1.165) is 10.8 Å². The van der Waals surface area contributed by atoms with E-state index >= 15 is 0 Å². The molecular formula is C21H24N4O6. The Hall–Kier alpha value is -3.76. The molecule has 31 heavy (non-hydrogen) atoms. The van der Waals surface area contributed by atoms with Crippen molar-refractivity contribution in [2.75, 3.05) is 19.7 Å². The van der Waals surface area contributed by atoms with Crippen molar-refractivity contribution in [1.82, 2.24) is 15.3 Å². The number of nitrogens with two attached hydrogens (primary N) is 1. The van der Waals surface area contributed by atoms with E-state index < -0.39 is 22.9 Å². The first kappa shape index (κ1) is 23.5. The second kappa shape index (κ2) is 11.4. The maximum Gasteiger partial charge on any atom is 0.352 e. The molecule has 10 nitrogen and oxygen atoms in total. The van der Waals surface area contributed by atoms with Crippen LogP contribution in [0.2, 0.25) is 0 Å². The maximum atomic E-state index is 12.3. The number of carboxylic acids is 1. The summed E-state index contributed by atoms with van der Waals surface area (Å²) in [5.74, 6) is -1.64. The molecule has 0 aliphatic rings. The van der Waals surface area contributed by atoms with Gasteiger partial charge in [-0.1, -0.05) is 30.3 Å². The average molecular weight is 428 g/mol. The van der Waals surface area contributed by atoms with Gasteiger partial charge in [-0.05, 0) is 35.7 Å². The third kappa shape index (κ3) is 6.63. The summed E-state index contributed by atoms with van der Waals surface area (Å²) in [5.41, 5.74) is 3.23. The number of nitrogens with one attached hydrogen (secondary N) is 3. The van der Waals surface area contributed by atoms with Crippen LogP contribution in [0.15, 0.2) is 52.1 Å². The first-order valence-electron chi connectivity index (χ1n) is 9.54. The van der Waals surface area contributed by atoms with Crippen molar-refractivity contribution < 1.29 is 19.8 Å². The number of hydrogen-bond donors (Lipinski definition) is 6. The quantitative estimate of drug-likeness (QED) is 0.291. The van der Waals surface area contributed by atoms with Gasteiger partial charge in [0.15, 0.2) is 0 Å². The molecule has 0 aliphatic carbocycles. The lowest BCUT2D eigenvalue weighted by Gasteiger charge is -2.07. The number of hydrogen-bond acceptors (Lipinski definition) is 6. The van der Waals surface area contributed by atoms with E-state index in [1.54, 1.807) is 12.1 Å². The summed E-state index contributed by atoms with van der Waals surface area (Å²) >= 11 is 0. The molecule has 3 aromatic rings.